The van der Waals surface area contributed by atoms with Crippen LogP contribution in [0.15, 0.2) is 42.5 Å². The topological polar surface area (TPSA) is 35.6 Å². The molecule has 2 aromatic rings. The number of benzene rings is 2. The minimum atomic E-state index is 0.0590. The van der Waals surface area contributed by atoms with Crippen LogP contribution in [0.2, 0.25) is 0 Å². The van der Waals surface area contributed by atoms with Crippen molar-refractivity contribution in [2.45, 2.75) is 40.0 Å². The average Bonchev–Trinajstić information content (AvgIpc) is 2.64. The van der Waals surface area contributed by atoms with Gasteiger partial charge in [0.05, 0.1) is 6.54 Å². The summed E-state index contributed by atoms with van der Waals surface area (Å²) in [6, 6.07) is 14.7. The minimum absolute atomic E-state index is 0.0590. The van der Waals surface area contributed by atoms with Gasteiger partial charge >= 0.3 is 0 Å². The van der Waals surface area contributed by atoms with Crippen molar-refractivity contribution in [2.75, 3.05) is 42.9 Å². The van der Waals surface area contributed by atoms with Gasteiger partial charge in [0.15, 0.2) is 0 Å². The maximum absolute atomic E-state index is 12.4. The Kier molecular flexibility index (Phi) is 6.09. The summed E-state index contributed by atoms with van der Waals surface area (Å²) >= 11 is 0. The molecule has 2 aromatic carbocycles. The van der Waals surface area contributed by atoms with Gasteiger partial charge in [0.25, 0.3) is 0 Å². The fraction of sp³-hybridized carbons (Fsp3) is 0.458. The van der Waals surface area contributed by atoms with Gasteiger partial charge in [-0.2, -0.15) is 0 Å². The molecule has 1 heterocycles. The molecular formula is C24H33N3O. The van der Waals surface area contributed by atoms with Gasteiger partial charge in [0.1, 0.15) is 0 Å². The van der Waals surface area contributed by atoms with Crippen LogP contribution in [0.5, 0.6) is 0 Å². The minimum Gasteiger partial charge on any atom is -0.369 e. The van der Waals surface area contributed by atoms with E-state index in [0.29, 0.717) is 6.54 Å². The number of hydrogen-bond donors (Lipinski definition) is 1. The number of nitrogens with zero attached hydrogens (tertiary/aromatic N) is 2. The lowest BCUT2D eigenvalue weighted by atomic mass is 9.87. The number of anilines is 2. The first-order valence-corrected chi connectivity index (χ1v) is 10.2. The standard InChI is InChI=1S/C24H33N3O/c1-18-7-6-8-22(19(18)2)27-15-13-26(14-16-27)17-23(28)25-21-11-9-20(10-12-21)24(3,4)5/h6-12H,13-17H2,1-5H3,(H,25,28). The molecule has 4 nitrogen and oxygen atoms in total. The van der Waals surface area contributed by atoms with Crippen molar-refractivity contribution in [1.29, 1.82) is 0 Å². The van der Waals surface area contributed by atoms with Crippen molar-refractivity contribution < 1.29 is 4.79 Å². The number of carbonyl (C=O) groups excluding carboxylic acids is 1. The van der Waals surface area contributed by atoms with E-state index in [1.807, 2.05) is 12.1 Å². The Bertz CT molecular complexity index is 813. The summed E-state index contributed by atoms with van der Waals surface area (Å²) in [6.07, 6.45) is 0. The van der Waals surface area contributed by atoms with Crippen LogP contribution in [0.25, 0.3) is 0 Å². The van der Waals surface area contributed by atoms with Gasteiger partial charge in [-0.15, -0.1) is 0 Å². The summed E-state index contributed by atoms with van der Waals surface area (Å²) in [5.74, 6) is 0.0590. The van der Waals surface area contributed by atoms with E-state index in [1.165, 1.54) is 22.4 Å². The third kappa shape index (κ3) is 4.93. The van der Waals surface area contributed by atoms with E-state index in [9.17, 15) is 4.79 Å². The fourth-order valence-corrected chi connectivity index (χ4v) is 3.68. The monoisotopic (exact) mass is 379 g/mol. The van der Waals surface area contributed by atoms with E-state index in [-0.39, 0.29) is 11.3 Å². The molecule has 0 spiro atoms. The number of aryl methyl sites for hydroxylation is 1. The van der Waals surface area contributed by atoms with E-state index < -0.39 is 0 Å². The molecule has 1 amide bonds. The average molecular weight is 380 g/mol. The Morgan fingerprint density at radius 3 is 2.21 bits per heavy atom. The second kappa shape index (κ2) is 8.36. The van der Waals surface area contributed by atoms with E-state index in [2.05, 4.69) is 80.1 Å². The van der Waals surface area contributed by atoms with Crippen molar-refractivity contribution in [3.05, 3.63) is 59.2 Å². The molecule has 1 fully saturated rings. The highest BCUT2D eigenvalue weighted by molar-refractivity contribution is 5.92. The van der Waals surface area contributed by atoms with Crippen LogP contribution in [0.1, 0.15) is 37.5 Å². The van der Waals surface area contributed by atoms with Crippen LogP contribution in [-0.4, -0.2) is 43.5 Å². The summed E-state index contributed by atoms with van der Waals surface area (Å²) in [4.78, 5) is 17.1. The molecular weight excluding hydrogens is 346 g/mol. The second-order valence-electron chi connectivity index (χ2n) is 8.86. The molecule has 0 bridgehead atoms. The Morgan fingerprint density at radius 1 is 0.964 bits per heavy atom. The number of hydrogen-bond acceptors (Lipinski definition) is 3. The van der Waals surface area contributed by atoms with Crippen molar-refractivity contribution in [1.82, 2.24) is 4.90 Å². The van der Waals surface area contributed by atoms with Crippen molar-refractivity contribution in [2.24, 2.45) is 0 Å². The number of amides is 1. The Labute approximate surface area is 169 Å². The predicted molar refractivity (Wildman–Crippen MR) is 118 cm³/mol. The van der Waals surface area contributed by atoms with Gasteiger partial charge in [0, 0.05) is 37.6 Å². The smallest absolute Gasteiger partial charge is 0.238 e. The Balaban J connectivity index is 1.50. The molecule has 0 aliphatic carbocycles. The highest BCUT2D eigenvalue weighted by Gasteiger charge is 2.20. The van der Waals surface area contributed by atoms with E-state index in [1.54, 1.807) is 0 Å². The second-order valence-corrected chi connectivity index (χ2v) is 8.86. The van der Waals surface area contributed by atoms with Crippen molar-refractivity contribution in [3.8, 4) is 0 Å². The van der Waals surface area contributed by atoms with Crippen molar-refractivity contribution >= 4 is 17.3 Å². The highest BCUT2D eigenvalue weighted by atomic mass is 16.2. The largest absolute Gasteiger partial charge is 0.369 e. The maximum Gasteiger partial charge on any atom is 0.238 e. The maximum atomic E-state index is 12.4. The van der Waals surface area contributed by atoms with Crippen LogP contribution in [0.4, 0.5) is 11.4 Å². The highest BCUT2D eigenvalue weighted by Crippen LogP contribution is 2.25. The zero-order valence-electron chi connectivity index (χ0n) is 17.9. The molecule has 4 heteroatoms. The van der Waals surface area contributed by atoms with Gasteiger partial charge in [0.2, 0.25) is 5.91 Å². The van der Waals surface area contributed by atoms with Gasteiger partial charge in [-0.05, 0) is 54.2 Å². The first kappa shape index (κ1) is 20.4. The summed E-state index contributed by atoms with van der Waals surface area (Å²) < 4.78 is 0. The Hall–Kier alpha value is -2.33. The van der Waals surface area contributed by atoms with Gasteiger partial charge in [-0.1, -0.05) is 45.0 Å². The molecule has 1 N–H and O–H groups in total. The molecule has 1 aliphatic heterocycles. The number of piperazine rings is 1. The van der Waals surface area contributed by atoms with Crippen LogP contribution >= 0.6 is 0 Å². The third-order valence-electron chi connectivity index (χ3n) is 5.69. The molecule has 28 heavy (non-hydrogen) atoms. The lowest BCUT2D eigenvalue weighted by Crippen LogP contribution is -2.48. The first-order chi connectivity index (χ1) is 13.2. The molecule has 0 aromatic heterocycles. The van der Waals surface area contributed by atoms with E-state index >= 15 is 0 Å². The summed E-state index contributed by atoms with van der Waals surface area (Å²) in [6.45, 7) is 15.1. The van der Waals surface area contributed by atoms with Gasteiger partial charge in [-0.25, -0.2) is 0 Å². The normalized spacial score (nSPS) is 15.5. The van der Waals surface area contributed by atoms with Crippen LogP contribution in [0, 0.1) is 13.8 Å². The Morgan fingerprint density at radius 2 is 1.61 bits per heavy atom. The molecule has 0 atom stereocenters. The molecule has 3 rings (SSSR count). The zero-order chi connectivity index (χ0) is 20.3. The molecule has 150 valence electrons. The summed E-state index contributed by atoms with van der Waals surface area (Å²) in [5.41, 5.74) is 6.27. The number of rotatable bonds is 4. The molecule has 1 aliphatic rings. The number of nitrogens with one attached hydrogen (secondary N) is 1. The third-order valence-corrected chi connectivity index (χ3v) is 5.69. The first-order valence-electron chi connectivity index (χ1n) is 10.2. The predicted octanol–water partition coefficient (Wildman–Crippen LogP) is 4.36. The number of carbonyl (C=O) groups is 1. The quantitative estimate of drug-likeness (QED) is 0.857. The fourth-order valence-electron chi connectivity index (χ4n) is 3.68. The zero-order valence-corrected chi connectivity index (χ0v) is 17.9. The summed E-state index contributed by atoms with van der Waals surface area (Å²) in [7, 11) is 0. The van der Waals surface area contributed by atoms with Gasteiger partial charge < -0.3 is 10.2 Å². The summed E-state index contributed by atoms with van der Waals surface area (Å²) in [5, 5.41) is 3.03. The lowest BCUT2D eigenvalue weighted by molar-refractivity contribution is -0.117. The van der Waals surface area contributed by atoms with Crippen molar-refractivity contribution in [3.63, 3.8) is 0 Å². The molecule has 0 radical (unpaired) electrons. The van der Waals surface area contributed by atoms with Crippen LogP contribution in [0.3, 0.4) is 0 Å². The van der Waals surface area contributed by atoms with Crippen LogP contribution in [-0.2, 0) is 10.2 Å². The molecule has 0 unspecified atom stereocenters. The molecule has 1 saturated heterocycles. The SMILES string of the molecule is Cc1cccc(N2CCN(CC(=O)Nc3ccc(C(C)(C)C)cc3)CC2)c1C. The van der Waals surface area contributed by atoms with E-state index in [4.69, 9.17) is 0 Å². The van der Waals surface area contributed by atoms with Crippen LogP contribution < -0.4 is 10.2 Å². The molecule has 0 saturated carbocycles. The van der Waals surface area contributed by atoms with E-state index in [0.717, 1.165) is 31.9 Å². The van der Waals surface area contributed by atoms with Gasteiger partial charge in [-0.3, -0.25) is 9.69 Å². The lowest BCUT2D eigenvalue weighted by Gasteiger charge is -2.36.